The minimum Gasteiger partial charge on any atom is -0.374 e. The maximum Gasteiger partial charge on any atom is 0.242 e. The van der Waals surface area contributed by atoms with Crippen LogP contribution in [0.15, 0.2) is 17.2 Å². The highest BCUT2D eigenvalue weighted by molar-refractivity contribution is 7.89. The molecule has 6 nitrogen and oxygen atoms in total. The van der Waals surface area contributed by atoms with Crippen LogP contribution < -0.4 is 10.0 Å². The van der Waals surface area contributed by atoms with Gasteiger partial charge in [0.25, 0.3) is 0 Å². The molecule has 0 radical (unpaired) electrons. The molecule has 0 saturated carbocycles. The van der Waals surface area contributed by atoms with Gasteiger partial charge in [-0.25, -0.2) is 13.1 Å². The minimum atomic E-state index is -3.49. The van der Waals surface area contributed by atoms with E-state index >= 15 is 0 Å². The van der Waals surface area contributed by atoms with Crippen molar-refractivity contribution in [3.05, 3.63) is 18.0 Å². The summed E-state index contributed by atoms with van der Waals surface area (Å²) in [7, 11) is -1.64. The molecule has 1 aromatic heterocycles. The Kier molecular flexibility index (Phi) is 5.08. The number of aryl methyl sites for hydroxylation is 1. The number of aromatic nitrogens is 1. The van der Waals surface area contributed by atoms with Gasteiger partial charge in [0.15, 0.2) is 0 Å². The second kappa shape index (κ2) is 6.48. The maximum absolute atomic E-state index is 12.4. The lowest BCUT2D eigenvalue weighted by Crippen LogP contribution is -2.39. The Labute approximate surface area is 126 Å². The first kappa shape index (κ1) is 16.5. The van der Waals surface area contributed by atoms with Crippen molar-refractivity contribution >= 4 is 10.0 Å². The molecule has 2 N–H and O–H groups in total. The summed E-state index contributed by atoms with van der Waals surface area (Å²) in [6.45, 7) is 6.49. The lowest BCUT2D eigenvalue weighted by molar-refractivity contribution is 0.0250. The fourth-order valence-corrected chi connectivity index (χ4v) is 3.71. The first-order chi connectivity index (χ1) is 9.86. The van der Waals surface area contributed by atoms with E-state index in [4.69, 9.17) is 4.74 Å². The quantitative estimate of drug-likeness (QED) is 0.787. The molecule has 0 spiro atoms. The second-order valence-corrected chi connectivity index (χ2v) is 7.55. The molecule has 0 aromatic carbocycles. The van der Waals surface area contributed by atoms with Gasteiger partial charge < -0.3 is 14.6 Å². The molecule has 0 bridgehead atoms. The van der Waals surface area contributed by atoms with E-state index in [1.165, 1.54) is 0 Å². The molecule has 2 heterocycles. The highest BCUT2D eigenvalue weighted by Gasteiger charge is 2.31. The molecule has 1 unspecified atom stereocenters. The first-order valence-electron chi connectivity index (χ1n) is 7.36. The van der Waals surface area contributed by atoms with Gasteiger partial charge in [0, 0.05) is 38.6 Å². The van der Waals surface area contributed by atoms with Crippen LogP contribution >= 0.6 is 0 Å². The summed E-state index contributed by atoms with van der Waals surface area (Å²) in [5.41, 5.74) is 0.564. The molecule has 1 aliphatic rings. The van der Waals surface area contributed by atoms with Gasteiger partial charge in [0.1, 0.15) is 0 Å². The molecule has 21 heavy (non-hydrogen) atoms. The van der Waals surface area contributed by atoms with Crippen LogP contribution in [0.5, 0.6) is 0 Å². The second-order valence-electron chi connectivity index (χ2n) is 5.78. The zero-order chi connectivity index (χ0) is 15.5. The third-order valence-corrected chi connectivity index (χ3v) is 5.25. The summed E-state index contributed by atoms with van der Waals surface area (Å²) in [4.78, 5) is 0.305. The van der Waals surface area contributed by atoms with E-state index < -0.39 is 10.0 Å². The number of hydrogen-bond acceptors (Lipinski definition) is 4. The molecular formula is C14H25N3O3S. The minimum absolute atomic E-state index is 0.305. The van der Waals surface area contributed by atoms with Gasteiger partial charge in [-0.05, 0) is 32.4 Å². The summed E-state index contributed by atoms with van der Waals surface area (Å²) >= 11 is 0. The van der Waals surface area contributed by atoms with E-state index in [-0.39, 0.29) is 5.60 Å². The fraction of sp³-hybridized carbons (Fsp3) is 0.714. The molecule has 0 aliphatic carbocycles. The number of ether oxygens (including phenoxy) is 1. The van der Waals surface area contributed by atoms with Crippen LogP contribution in [0.1, 0.15) is 32.4 Å². The van der Waals surface area contributed by atoms with Crippen molar-refractivity contribution in [1.29, 1.82) is 0 Å². The molecule has 1 aromatic rings. The smallest absolute Gasteiger partial charge is 0.242 e. The molecule has 120 valence electrons. The summed E-state index contributed by atoms with van der Waals surface area (Å²) in [5, 5.41) is 3.20. The summed E-state index contributed by atoms with van der Waals surface area (Å²) in [6, 6.07) is 1.71. The maximum atomic E-state index is 12.4. The van der Waals surface area contributed by atoms with Gasteiger partial charge in [-0.3, -0.25) is 0 Å². The predicted octanol–water partition coefficient (Wildman–Crippen LogP) is 0.982. The van der Waals surface area contributed by atoms with Gasteiger partial charge in [0.2, 0.25) is 10.0 Å². The third kappa shape index (κ3) is 4.06. The SMILES string of the molecule is CCNCc1cc(S(=O)(=O)NCC2(C)CCCO2)cn1C. The number of nitrogens with zero attached hydrogens (tertiary/aromatic N) is 1. The third-order valence-electron chi connectivity index (χ3n) is 3.89. The van der Waals surface area contributed by atoms with Crippen LogP contribution in [-0.2, 0) is 28.4 Å². The van der Waals surface area contributed by atoms with Crippen molar-refractivity contribution in [2.24, 2.45) is 7.05 Å². The highest BCUT2D eigenvalue weighted by atomic mass is 32.2. The van der Waals surface area contributed by atoms with Crippen molar-refractivity contribution in [3.63, 3.8) is 0 Å². The average molecular weight is 315 g/mol. The van der Waals surface area contributed by atoms with Crippen LogP contribution in [0.2, 0.25) is 0 Å². The topological polar surface area (TPSA) is 72.4 Å². The number of sulfonamides is 1. The van der Waals surface area contributed by atoms with Gasteiger partial charge in [-0.2, -0.15) is 0 Å². The Morgan fingerprint density at radius 1 is 1.48 bits per heavy atom. The Bertz CT molecular complexity index is 574. The van der Waals surface area contributed by atoms with Gasteiger partial charge >= 0.3 is 0 Å². The lowest BCUT2D eigenvalue weighted by Gasteiger charge is -2.23. The normalized spacial score (nSPS) is 22.8. The molecule has 1 saturated heterocycles. The Morgan fingerprint density at radius 2 is 2.24 bits per heavy atom. The number of hydrogen-bond donors (Lipinski definition) is 2. The van der Waals surface area contributed by atoms with Crippen LogP contribution in [0.4, 0.5) is 0 Å². The van der Waals surface area contributed by atoms with Crippen LogP contribution in [0.3, 0.4) is 0 Å². The molecule has 1 atom stereocenters. The van der Waals surface area contributed by atoms with Crippen molar-refractivity contribution in [3.8, 4) is 0 Å². The van der Waals surface area contributed by atoms with E-state index in [2.05, 4.69) is 10.0 Å². The van der Waals surface area contributed by atoms with Crippen molar-refractivity contribution in [2.75, 3.05) is 19.7 Å². The van der Waals surface area contributed by atoms with E-state index in [0.717, 1.165) is 25.1 Å². The zero-order valence-electron chi connectivity index (χ0n) is 13.0. The summed E-state index contributed by atoms with van der Waals surface area (Å²) < 4.78 is 34.9. The lowest BCUT2D eigenvalue weighted by atomic mass is 10.0. The molecule has 7 heteroatoms. The van der Waals surface area contributed by atoms with Gasteiger partial charge in [-0.1, -0.05) is 6.92 Å². The van der Waals surface area contributed by atoms with E-state index in [1.807, 2.05) is 25.5 Å². The molecule has 1 aliphatic heterocycles. The zero-order valence-corrected chi connectivity index (χ0v) is 13.8. The number of nitrogens with one attached hydrogen (secondary N) is 2. The van der Waals surface area contributed by atoms with Gasteiger partial charge in [-0.15, -0.1) is 0 Å². The monoisotopic (exact) mass is 315 g/mol. The summed E-state index contributed by atoms with van der Waals surface area (Å²) in [5.74, 6) is 0. The van der Waals surface area contributed by atoms with Crippen LogP contribution in [0.25, 0.3) is 0 Å². The van der Waals surface area contributed by atoms with E-state index in [1.54, 1.807) is 12.3 Å². The Hall–Kier alpha value is -0.890. The van der Waals surface area contributed by atoms with Gasteiger partial charge in [0.05, 0.1) is 10.5 Å². The molecular weight excluding hydrogens is 290 g/mol. The standard InChI is InChI=1S/C14H25N3O3S/c1-4-15-9-12-8-13(10-17(12)3)21(18,19)16-11-14(2)6-5-7-20-14/h8,10,15-16H,4-7,9,11H2,1-3H3. The number of rotatable bonds is 7. The van der Waals surface area contributed by atoms with E-state index in [9.17, 15) is 8.42 Å². The largest absolute Gasteiger partial charge is 0.374 e. The molecule has 0 amide bonds. The average Bonchev–Trinajstić information content (AvgIpc) is 3.02. The van der Waals surface area contributed by atoms with Crippen molar-refractivity contribution < 1.29 is 13.2 Å². The highest BCUT2D eigenvalue weighted by Crippen LogP contribution is 2.24. The van der Waals surface area contributed by atoms with Crippen LogP contribution in [0, 0.1) is 0 Å². The van der Waals surface area contributed by atoms with Crippen LogP contribution in [-0.4, -0.2) is 38.3 Å². The molecule has 1 fully saturated rings. The Balaban J connectivity index is 2.05. The first-order valence-corrected chi connectivity index (χ1v) is 8.84. The molecule has 2 rings (SSSR count). The van der Waals surface area contributed by atoms with Crippen molar-refractivity contribution in [2.45, 2.75) is 43.7 Å². The Morgan fingerprint density at radius 3 is 2.86 bits per heavy atom. The predicted molar refractivity (Wildman–Crippen MR) is 81.6 cm³/mol. The van der Waals surface area contributed by atoms with Crippen molar-refractivity contribution in [1.82, 2.24) is 14.6 Å². The summed E-state index contributed by atoms with van der Waals surface area (Å²) in [6.07, 6.45) is 3.51. The van der Waals surface area contributed by atoms with E-state index in [0.29, 0.717) is 24.6 Å². The fourth-order valence-electron chi connectivity index (χ4n) is 2.46.